The quantitative estimate of drug-likeness (QED) is 0.535. The van der Waals surface area contributed by atoms with Gasteiger partial charge in [0.25, 0.3) is 11.5 Å². The zero-order valence-electron chi connectivity index (χ0n) is 16.7. The minimum Gasteiger partial charge on any atom is -0.329 e. The van der Waals surface area contributed by atoms with Crippen LogP contribution in [0.5, 0.6) is 0 Å². The average Bonchev–Trinajstić information content (AvgIpc) is 2.70. The Morgan fingerprint density at radius 2 is 1.93 bits per heavy atom. The standard InChI is InChI=1S/C22H23Cl2N3O2/c1-4-5-12-27(22(29)16-11-10-15(23)13-18(16)24)14(2)20-25-19-9-7-6-8-17(19)21(28)26(20)3/h6-11,13-14H,4-5,12H2,1-3H3. The van der Waals surface area contributed by atoms with Gasteiger partial charge in [-0.3, -0.25) is 14.2 Å². The van der Waals surface area contributed by atoms with Gasteiger partial charge in [0.15, 0.2) is 0 Å². The number of fused-ring (bicyclic) bond motifs is 1. The predicted molar refractivity (Wildman–Crippen MR) is 118 cm³/mol. The highest BCUT2D eigenvalue weighted by Crippen LogP contribution is 2.27. The van der Waals surface area contributed by atoms with Gasteiger partial charge in [-0.15, -0.1) is 0 Å². The normalized spacial score (nSPS) is 12.2. The molecule has 2 aromatic carbocycles. The average molecular weight is 432 g/mol. The topological polar surface area (TPSA) is 55.2 Å². The van der Waals surface area contributed by atoms with Crippen LogP contribution in [0.25, 0.3) is 10.9 Å². The summed E-state index contributed by atoms with van der Waals surface area (Å²) < 4.78 is 1.52. The van der Waals surface area contributed by atoms with E-state index in [0.29, 0.717) is 38.9 Å². The second-order valence-electron chi connectivity index (χ2n) is 7.00. The molecule has 5 nitrogen and oxygen atoms in total. The van der Waals surface area contributed by atoms with Crippen molar-refractivity contribution >= 4 is 40.0 Å². The van der Waals surface area contributed by atoms with Crippen LogP contribution in [-0.2, 0) is 7.05 Å². The molecule has 0 aliphatic heterocycles. The van der Waals surface area contributed by atoms with Gasteiger partial charge in [-0.25, -0.2) is 4.98 Å². The molecule has 7 heteroatoms. The first-order valence-electron chi connectivity index (χ1n) is 9.56. The summed E-state index contributed by atoms with van der Waals surface area (Å²) in [5, 5.41) is 1.33. The number of carbonyl (C=O) groups excluding carboxylic acids is 1. The number of hydrogen-bond acceptors (Lipinski definition) is 3. The fourth-order valence-electron chi connectivity index (χ4n) is 3.37. The van der Waals surface area contributed by atoms with Gasteiger partial charge >= 0.3 is 0 Å². The molecule has 0 aliphatic carbocycles. The van der Waals surface area contributed by atoms with Crippen molar-refractivity contribution in [2.24, 2.45) is 7.05 Å². The van der Waals surface area contributed by atoms with Crippen molar-refractivity contribution in [3.05, 3.63) is 74.3 Å². The van der Waals surface area contributed by atoms with Gasteiger partial charge in [-0.2, -0.15) is 0 Å². The summed E-state index contributed by atoms with van der Waals surface area (Å²) in [5.74, 6) is 0.318. The number of rotatable bonds is 6. The molecular weight excluding hydrogens is 409 g/mol. The Balaban J connectivity index is 2.07. The van der Waals surface area contributed by atoms with Gasteiger partial charge in [-0.05, 0) is 43.7 Å². The minimum atomic E-state index is -0.414. The van der Waals surface area contributed by atoms with Gasteiger partial charge in [-0.1, -0.05) is 48.7 Å². The van der Waals surface area contributed by atoms with Crippen molar-refractivity contribution in [3.8, 4) is 0 Å². The molecule has 1 unspecified atom stereocenters. The second-order valence-corrected chi connectivity index (χ2v) is 7.85. The molecule has 0 saturated heterocycles. The van der Waals surface area contributed by atoms with Gasteiger partial charge in [0.1, 0.15) is 5.82 Å². The monoisotopic (exact) mass is 431 g/mol. The van der Waals surface area contributed by atoms with Gasteiger partial charge in [0.2, 0.25) is 0 Å². The minimum absolute atomic E-state index is 0.134. The Hall–Kier alpha value is -2.37. The van der Waals surface area contributed by atoms with E-state index in [-0.39, 0.29) is 11.5 Å². The lowest BCUT2D eigenvalue weighted by atomic mass is 10.1. The summed E-state index contributed by atoms with van der Waals surface area (Å²) in [5.41, 5.74) is 0.861. The first-order valence-corrected chi connectivity index (χ1v) is 10.3. The summed E-state index contributed by atoms with van der Waals surface area (Å²) in [4.78, 5) is 32.6. The van der Waals surface area contributed by atoms with Gasteiger partial charge < -0.3 is 4.90 Å². The fourth-order valence-corrected chi connectivity index (χ4v) is 3.85. The number of aromatic nitrogens is 2. The molecule has 0 spiro atoms. The number of carbonyl (C=O) groups is 1. The number of nitrogens with zero attached hydrogens (tertiary/aromatic N) is 3. The van der Waals surface area contributed by atoms with Crippen LogP contribution in [0.3, 0.4) is 0 Å². The number of unbranched alkanes of at least 4 members (excludes halogenated alkanes) is 1. The molecule has 29 heavy (non-hydrogen) atoms. The lowest BCUT2D eigenvalue weighted by molar-refractivity contribution is 0.0677. The lowest BCUT2D eigenvalue weighted by Gasteiger charge is -2.30. The van der Waals surface area contributed by atoms with Crippen molar-refractivity contribution in [2.45, 2.75) is 32.7 Å². The van der Waals surface area contributed by atoms with Crippen LogP contribution >= 0.6 is 23.2 Å². The molecule has 1 amide bonds. The first kappa shape index (κ1) is 21.3. The summed E-state index contributed by atoms with van der Waals surface area (Å²) in [6, 6.07) is 11.6. The summed E-state index contributed by atoms with van der Waals surface area (Å²) in [6.45, 7) is 4.47. The summed E-state index contributed by atoms with van der Waals surface area (Å²) in [6.07, 6.45) is 1.75. The molecule has 1 atom stereocenters. The Morgan fingerprint density at radius 1 is 1.21 bits per heavy atom. The van der Waals surface area contributed by atoms with E-state index >= 15 is 0 Å². The molecule has 1 heterocycles. The van der Waals surface area contributed by atoms with E-state index in [4.69, 9.17) is 28.2 Å². The van der Waals surface area contributed by atoms with E-state index < -0.39 is 6.04 Å². The van der Waals surface area contributed by atoms with Crippen LogP contribution in [0.1, 0.15) is 48.9 Å². The third-order valence-electron chi connectivity index (χ3n) is 5.03. The van der Waals surface area contributed by atoms with Crippen molar-refractivity contribution in [1.29, 1.82) is 0 Å². The van der Waals surface area contributed by atoms with E-state index in [1.807, 2.05) is 19.1 Å². The van der Waals surface area contributed by atoms with Crippen molar-refractivity contribution in [3.63, 3.8) is 0 Å². The van der Waals surface area contributed by atoms with Gasteiger partial charge in [0.05, 0.1) is 27.5 Å². The Kier molecular flexibility index (Phi) is 6.60. The van der Waals surface area contributed by atoms with Crippen LogP contribution < -0.4 is 5.56 Å². The van der Waals surface area contributed by atoms with Crippen molar-refractivity contribution in [1.82, 2.24) is 14.5 Å². The Morgan fingerprint density at radius 3 is 2.62 bits per heavy atom. The van der Waals surface area contributed by atoms with E-state index in [0.717, 1.165) is 12.8 Å². The lowest BCUT2D eigenvalue weighted by Crippen LogP contribution is -2.38. The van der Waals surface area contributed by atoms with Gasteiger partial charge in [0, 0.05) is 18.6 Å². The molecular formula is C22H23Cl2N3O2. The number of para-hydroxylation sites is 1. The van der Waals surface area contributed by atoms with Crippen LogP contribution in [0, 0.1) is 0 Å². The summed E-state index contributed by atoms with van der Waals surface area (Å²) in [7, 11) is 1.69. The number of amides is 1. The first-order chi connectivity index (χ1) is 13.8. The Labute approximate surface area is 179 Å². The number of benzene rings is 2. The maximum atomic E-state index is 13.3. The Bertz CT molecular complexity index is 1110. The third kappa shape index (κ3) is 4.31. The molecule has 0 fully saturated rings. The number of hydrogen-bond donors (Lipinski definition) is 0. The molecule has 152 valence electrons. The van der Waals surface area contributed by atoms with E-state index in [2.05, 4.69) is 6.92 Å². The van der Waals surface area contributed by atoms with Crippen LogP contribution in [-0.4, -0.2) is 26.9 Å². The van der Waals surface area contributed by atoms with Crippen molar-refractivity contribution in [2.75, 3.05) is 6.54 Å². The van der Waals surface area contributed by atoms with Crippen LogP contribution in [0.15, 0.2) is 47.3 Å². The zero-order valence-corrected chi connectivity index (χ0v) is 18.2. The molecule has 1 aromatic heterocycles. The molecule has 0 radical (unpaired) electrons. The largest absolute Gasteiger partial charge is 0.329 e. The van der Waals surface area contributed by atoms with Crippen molar-refractivity contribution < 1.29 is 4.79 Å². The molecule has 0 N–H and O–H groups in total. The maximum absolute atomic E-state index is 13.3. The molecule has 0 aliphatic rings. The van der Waals surface area contributed by atoms with E-state index in [1.165, 1.54) is 4.57 Å². The SMILES string of the molecule is CCCCN(C(=O)c1ccc(Cl)cc1Cl)C(C)c1nc2ccccc2c(=O)n1C. The van der Waals surface area contributed by atoms with E-state index in [9.17, 15) is 9.59 Å². The zero-order chi connectivity index (χ0) is 21.1. The highest BCUT2D eigenvalue weighted by Gasteiger charge is 2.27. The molecule has 3 rings (SSSR count). The highest BCUT2D eigenvalue weighted by atomic mass is 35.5. The maximum Gasteiger partial charge on any atom is 0.261 e. The molecule has 0 saturated carbocycles. The summed E-state index contributed by atoms with van der Waals surface area (Å²) >= 11 is 12.3. The smallest absolute Gasteiger partial charge is 0.261 e. The van der Waals surface area contributed by atoms with Crippen LogP contribution in [0.4, 0.5) is 0 Å². The third-order valence-corrected chi connectivity index (χ3v) is 5.58. The molecule has 0 bridgehead atoms. The fraction of sp³-hybridized carbons (Fsp3) is 0.318. The second kappa shape index (κ2) is 8.97. The van der Waals surface area contributed by atoms with Crippen LogP contribution in [0.2, 0.25) is 10.0 Å². The molecule has 3 aromatic rings. The highest BCUT2D eigenvalue weighted by molar-refractivity contribution is 6.36. The predicted octanol–water partition coefficient (Wildman–Crippen LogP) is 5.24. The van der Waals surface area contributed by atoms with E-state index in [1.54, 1.807) is 42.3 Å². The number of halogens is 2.